The summed E-state index contributed by atoms with van der Waals surface area (Å²) in [6.45, 7) is 4.63. The van der Waals surface area contributed by atoms with E-state index in [0.717, 1.165) is 13.1 Å². The van der Waals surface area contributed by atoms with E-state index in [1.54, 1.807) is 17.0 Å². The third-order valence-corrected chi connectivity index (χ3v) is 3.14. The third-order valence-electron chi connectivity index (χ3n) is 3.14. The predicted octanol–water partition coefficient (Wildman–Crippen LogP) is 1.64. The number of rotatable bonds is 2. The highest BCUT2D eigenvalue weighted by Gasteiger charge is 2.14. The van der Waals surface area contributed by atoms with Crippen LogP contribution in [0.5, 0.6) is 0 Å². The van der Waals surface area contributed by atoms with Crippen molar-refractivity contribution in [2.45, 2.75) is 39.2 Å². The van der Waals surface area contributed by atoms with Crippen LogP contribution in [0.15, 0.2) is 17.2 Å². The first-order chi connectivity index (χ1) is 7.83. The highest BCUT2D eigenvalue weighted by molar-refractivity contribution is 5.35. The van der Waals surface area contributed by atoms with Gasteiger partial charge in [-0.3, -0.25) is 4.79 Å². The summed E-state index contributed by atoms with van der Waals surface area (Å²) < 4.78 is 1.72. The van der Waals surface area contributed by atoms with Crippen molar-refractivity contribution < 1.29 is 0 Å². The van der Waals surface area contributed by atoms with Gasteiger partial charge in [0, 0.05) is 32.0 Å². The van der Waals surface area contributed by atoms with Crippen LogP contribution in [0, 0.1) is 0 Å². The van der Waals surface area contributed by atoms with Gasteiger partial charge in [-0.1, -0.05) is 12.8 Å². The molecule has 0 aliphatic carbocycles. The van der Waals surface area contributed by atoms with E-state index in [4.69, 9.17) is 0 Å². The molecule has 2 heterocycles. The maximum Gasteiger partial charge on any atom is 0.293 e. The molecule has 0 bridgehead atoms. The van der Waals surface area contributed by atoms with Gasteiger partial charge >= 0.3 is 0 Å². The van der Waals surface area contributed by atoms with Gasteiger partial charge in [-0.25, -0.2) is 4.98 Å². The number of aryl methyl sites for hydroxylation is 1. The normalized spacial score (nSPS) is 17.2. The molecular formula is C12H19N3O. The van der Waals surface area contributed by atoms with E-state index in [2.05, 4.69) is 9.88 Å². The number of nitrogens with zero attached hydrogens (tertiary/aromatic N) is 3. The van der Waals surface area contributed by atoms with E-state index < -0.39 is 0 Å². The monoisotopic (exact) mass is 221 g/mol. The zero-order valence-electron chi connectivity index (χ0n) is 9.85. The Morgan fingerprint density at radius 1 is 1.25 bits per heavy atom. The van der Waals surface area contributed by atoms with E-state index in [1.165, 1.54) is 25.7 Å². The lowest BCUT2D eigenvalue weighted by Gasteiger charge is -2.20. The molecule has 1 fully saturated rings. The average molecular weight is 221 g/mol. The van der Waals surface area contributed by atoms with Gasteiger partial charge in [0.05, 0.1) is 0 Å². The quantitative estimate of drug-likeness (QED) is 0.762. The van der Waals surface area contributed by atoms with E-state index in [9.17, 15) is 4.79 Å². The molecule has 1 aliphatic heterocycles. The smallest absolute Gasteiger partial charge is 0.293 e. The molecule has 0 aromatic carbocycles. The number of hydrogen-bond acceptors (Lipinski definition) is 3. The van der Waals surface area contributed by atoms with Crippen molar-refractivity contribution in [1.29, 1.82) is 0 Å². The SMILES string of the molecule is CCn1ccnc(N2CCCCCC2)c1=O. The molecule has 0 amide bonds. The largest absolute Gasteiger partial charge is 0.352 e. The molecule has 0 N–H and O–H groups in total. The molecule has 0 spiro atoms. The minimum absolute atomic E-state index is 0.0481. The molecule has 1 saturated heterocycles. The molecule has 0 unspecified atom stereocenters. The van der Waals surface area contributed by atoms with Crippen molar-refractivity contribution in [3.63, 3.8) is 0 Å². The van der Waals surface area contributed by atoms with E-state index in [0.29, 0.717) is 12.4 Å². The molecular weight excluding hydrogens is 202 g/mol. The van der Waals surface area contributed by atoms with Crippen molar-refractivity contribution >= 4 is 5.82 Å². The van der Waals surface area contributed by atoms with Gasteiger partial charge in [-0.05, 0) is 19.8 Å². The van der Waals surface area contributed by atoms with Gasteiger partial charge in [-0.2, -0.15) is 0 Å². The fourth-order valence-electron chi connectivity index (χ4n) is 2.18. The van der Waals surface area contributed by atoms with Crippen LogP contribution in [0.3, 0.4) is 0 Å². The van der Waals surface area contributed by atoms with Gasteiger partial charge in [0.1, 0.15) is 0 Å². The Morgan fingerprint density at radius 3 is 2.56 bits per heavy atom. The number of anilines is 1. The third kappa shape index (κ3) is 2.26. The van der Waals surface area contributed by atoms with Crippen molar-refractivity contribution in [3.8, 4) is 0 Å². The Labute approximate surface area is 95.9 Å². The van der Waals surface area contributed by atoms with Gasteiger partial charge < -0.3 is 9.47 Å². The van der Waals surface area contributed by atoms with E-state index in [1.807, 2.05) is 6.92 Å². The first-order valence-electron chi connectivity index (χ1n) is 6.13. The summed E-state index contributed by atoms with van der Waals surface area (Å²) in [5.74, 6) is 0.631. The van der Waals surface area contributed by atoms with E-state index >= 15 is 0 Å². The van der Waals surface area contributed by atoms with Crippen molar-refractivity contribution in [1.82, 2.24) is 9.55 Å². The van der Waals surface area contributed by atoms with Crippen LogP contribution >= 0.6 is 0 Å². The minimum Gasteiger partial charge on any atom is -0.352 e. The molecule has 4 nitrogen and oxygen atoms in total. The molecule has 4 heteroatoms. The first-order valence-corrected chi connectivity index (χ1v) is 6.13. The summed E-state index contributed by atoms with van der Waals surface area (Å²) in [7, 11) is 0. The lowest BCUT2D eigenvalue weighted by atomic mass is 10.2. The molecule has 0 saturated carbocycles. The van der Waals surface area contributed by atoms with Gasteiger partial charge in [0.15, 0.2) is 5.82 Å². The highest BCUT2D eigenvalue weighted by Crippen LogP contribution is 2.13. The van der Waals surface area contributed by atoms with Crippen LogP contribution in [-0.4, -0.2) is 22.6 Å². The summed E-state index contributed by atoms with van der Waals surface area (Å²) in [5.41, 5.74) is 0.0481. The topological polar surface area (TPSA) is 38.1 Å². The Hall–Kier alpha value is -1.32. The molecule has 88 valence electrons. The molecule has 1 aromatic rings. The summed E-state index contributed by atoms with van der Waals surface area (Å²) >= 11 is 0. The summed E-state index contributed by atoms with van der Waals surface area (Å²) in [6, 6.07) is 0. The highest BCUT2D eigenvalue weighted by atomic mass is 16.1. The second-order valence-electron chi connectivity index (χ2n) is 4.24. The van der Waals surface area contributed by atoms with E-state index in [-0.39, 0.29) is 5.56 Å². The Kier molecular flexibility index (Phi) is 3.59. The van der Waals surface area contributed by atoms with Crippen LogP contribution in [-0.2, 0) is 6.54 Å². The fourth-order valence-corrected chi connectivity index (χ4v) is 2.18. The summed E-state index contributed by atoms with van der Waals surface area (Å²) in [6.07, 6.45) is 8.36. The van der Waals surface area contributed by atoms with Crippen LogP contribution in [0.4, 0.5) is 5.82 Å². The Bertz CT molecular complexity index is 391. The van der Waals surface area contributed by atoms with Crippen molar-refractivity contribution in [2.75, 3.05) is 18.0 Å². The molecule has 0 radical (unpaired) electrons. The predicted molar refractivity (Wildman–Crippen MR) is 64.9 cm³/mol. The average Bonchev–Trinajstić information content (AvgIpc) is 2.58. The van der Waals surface area contributed by atoms with Gasteiger partial charge in [0.2, 0.25) is 0 Å². The molecule has 0 atom stereocenters. The lowest BCUT2D eigenvalue weighted by Crippen LogP contribution is -2.33. The molecule has 2 rings (SSSR count). The number of aromatic nitrogens is 2. The maximum atomic E-state index is 12.1. The summed E-state index contributed by atoms with van der Waals surface area (Å²) in [4.78, 5) is 18.5. The maximum absolute atomic E-state index is 12.1. The Morgan fingerprint density at radius 2 is 1.94 bits per heavy atom. The van der Waals surface area contributed by atoms with Crippen molar-refractivity contribution in [2.24, 2.45) is 0 Å². The van der Waals surface area contributed by atoms with Crippen LogP contribution in [0.25, 0.3) is 0 Å². The minimum atomic E-state index is 0.0481. The zero-order valence-corrected chi connectivity index (χ0v) is 9.85. The second kappa shape index (κ2) is 5.14. The number of hydrogen-bond donors (Lipinski definition) is 0. The molecule has 16 heavy (non-hydrogen) atoms. The standard InChI is InChI=1S/C12H19N3O/c1-2-14-10-7-13-11(12(14)16)15-8-5-3-4-6-9-15/h7,10H,2-6,8-9H2,1H3. The second-order valence-corrected chi connectivity index (χ2v) is 4.24. The van der Waals surface area contributed by atoms with Crippen molar-refractivity contribution in [3.05, 3.63) is 22.7 Å². The zero-order chi connectivity index (χ0) is 11.4. The van der Waals surface area contributed by atoms with Crippen LogP contribution < -0.4 is 10.5 Å². The molecule has 1 aromatic heterocycles. The molecule has 1 aliphatic rings. The fraction of sp³-hybridized carbons (Fsp3) is 0.667. The first kappa shape index (κ1) is 11.2. The van der Waals surface area contributed by atoms with Gasteiger partial charge in [-0.15, -0.1) is 0 Å². The lowest BCUT2D eigenvalue weighted by molar-refractivity contribution is 0.695. The van der Waals surface area contributed by atoms with Crippen LogP contribution in [0.1, 0.15) is 32.6 Å². The van der Waals surface area contributed by atoms with Crippen LogP contribution in [0.2, 0.25) is 0 Å². The Balaban J connectivity index is 2.28. The van der Waals surface area contributed by atoms with Gasteiger partial charge in [0.25, 0.3) is 5.56 Å². The summed E-state index contributed by atoms with van der Waals surface area (Å²) in [5, 5.41) is 0.